The van der Waals surface area contributed by atoms with Crippen LogP contribution in [0.25, 0.3) is 6.08 Å². The summed E-state index contributed by atoms with van der Waals surface area (Å²) in [6.45, 7) is 1.69. The monoisotopic (exact) mass is 308 g/mol. The molecule has 0 aliphatic heterocycles. The van der Waals surface area contributed by atoms with Crippen molar-refractivity contribution >= 4 is 27.9 Å². The molecule has 2 rings (SSSR count). The van der Waals surface area contributed by atoms with Crippen molar-refractivity contribution in [1.82, 2.24) is 5.16 Å². The molecule has 1 heterocycles. The molecular weight excluding hydrogens is 296 g/mol. The van der Waals surface area contributed by atoms with E-state index < -0.39 is 16.0 Å². The summed E-state index contributed by atoms with van der Waals surface area (Å²) in [5, 5.41) is 12.1. The number of sulfonamides is 1. The van der Waals surface area contributed by atoms with E-state index in [1.165, 1.54) is 36.6 Å². The molecule has 2 N–H and O–H groups in total. The summed E-state index contributed by atoms with van der Waals surface area (Å²) < 4.78 is 31.1. The summed E-state index contributed by atoms with van der Waals surface area (Å²) in [5.74, 6) is -0.985. The molecule has 0 bridgehead atoms. The maximum absolute atomic E-state index is 12.1. The Bertz CT molecular complexity index is 779. The van der Waals surface area contributed by atoms with Crippen molar-refractivity contribution in [2.75, 3.05) is 4.72 Å². The first kappa shape index (κ1) is 14.8. The Kier molecular flexibility index (Phi) is 4.08. The second-order valence-electron chi connectivity index (χ2n) is 4.18. The first-order valence-corrected chi connectivity index (χ1v) is 7.32. The van der Waals surface area contributed by atoms with Crippen LogP contribution in [0, 0.1) is 6.92 Å². The van der Waals surface area contributed by atoms with Gasteiger partial charge >= 0.3 is 5.97 Å². The number of hydrogen-bond acceptors (Lipinski definition) is 5. The Morgan fingerprint density at radius 2 is 2.14 bits per heavy atom. The topological polar surface area (TPSA) is 110 Å². The van der Waals surface area contributed by atoms with E-state index >= 15 is 0 Å². The van der Waals surface area contributed by atoms with Gasteiger partial charge in [0.1, 0.15) is 6.26 Å². The summed E-state index contributed by atoms with van der Waals surface area (Å²) in [6, 6.07) is 5.75. The van der Waals surface area contributed by atoms with Crippen LogP contribution in [0.4, 0.5) is 5.82 Å². The van der Waals surface area contributed by atoms with Crippen LogP contribution in [-0.4, -0.2) is 24.7 Å². The molecule has 0 aliphatic rings. The zero-order valence-electron chi connectivity index (χ0n) is 11.0. The van der Waals surface area contributed by atoms with Crippen LogP contribution in [0.15, 0.2) is 46.0 Å². The smallest absolute Gasteiger partial charge is 0.328 e. The molecule has 2 aromatic rings. The quantitative estimate of drug-likeness (QED) is 0.816. The molecule has 0 radical (unpaired) electrons. The molecule has 110 valence electrons. The van der Waals surface area contributed by atoms with Gasteiger partial charge in [0.15, 0.2) is 5.82 Å². The number of carboxylic acid groups (broad SMARTS) is 1. The van der Waals surface area contributed by atoms with Crippen LogP contribution >= 0.6 is 0 Å². The molecule has 0 saturated carbocycles. The lowest BCUT2D eigenvalue weighted by molar-refractivity contribution is -0.131. The number of aryl methyl sites for hydroxylation is 1. The second-order valence-corrected chi connectivity index (χ2v) is 5.86. The average molecular weight is 308 g/mol. The highest BCUT2D eigenvalue weighted by atomic mass is 32.2. The molecule has 0 atom stereocenters. The number of hydrogen-bond donors (Lipinski definition) is 2. The van der Waals surface area contributed by atoms with Crippen LogP contribution in [0.1, 0.15) is 11.1 Å². The number of benzene rings is 1. The van der Waals surface area contributed by atoms with Crippen LogP contribution in [0.3, 0.4) is 0 Å². The van der Waals surface area contributed by atoms with E-state index in [9.17, 15) is 13.2 Å². The molecule has 1 aromatic heterocycles. The highest BCUT2D eigenvalue weighted by Crippen LogP contribution is 2.19. The van der Waals surface area contributed by atoms with Gasteiger partial charge in [-0.3, -0.25) is 4.72 Å². The fraction of sp³-hybridized carbons (Fsp3) is 0.0769. The van der Waals surface area contributed by atoms with E-state index in [1.807, 2.05) is 0 Å². The van der Waals surface area contributed by atoms with Gasteiger partial charge in [0.2, 0.25) is 0 Å². The highest BCUT2D eigenvalue weighted by Gasteiger charge is 2.16. The van der Waals surface area contributed by atoms with Crippen molar-refractivity contribution in [2.45, 2.75) is 11.8 Å². The Morgan fingerprint density at radius 1 is 1.38 bits per heavy atom. The number of nitrogens with one attached hydrogen (secondary N) is 1. The number of aliphatic carboxylic acids is 1. The third kappa shape index (κ3) is 3.69. The number of rotatable bonds is 5. The molecule has 0 amide bonds. The molecule has 8 heteroatoms. The number of carboxylic acids is 1. The molecule has 0 unspecified atom stereocenters. The lowest BCUT2D eigenvalue weighted by Gasteiger charge is -2.07. The number of anilines is 1. The highest BCUT2D eigenvalue weighted by molar-refractivity contribution is 7.92. The van der Waals surface area contributed by atoms with Gasteiger partial charge in [0.05, 0.1) is 4.90 Å². The predicted octanol–water partition coefficient (Wildman–Crippen LogP) is 1.88. The van der Waals surface area contributed by atoms with Crippen molar-refractivity contribution in [3.05, 3.63) is 47.7 Å². The summed E-state index contributed by atoms with van der Waals surface area (Å²) in [4.78, 5) is 10.5. The Morgan fingerprint density at radius 3 is 2.71 bits per heavy atom. The maximum atomic E-state index is 12.1. The van der Waals surface area contributed by atoms with E-state index in [2.05, 4.69) is 14.4 Å². The fourth-order valence-corrected chi connectivity index (χ4v) is 2.70. The van der Waals surface area contributed by atoms with Gasteiger partial charge in [-0.1, -0.05) is 11.2 Å². The van der Waals surface area contributed by atoms with E-state index in [1.54, 1.807) is 6.92 Å². The van der Waals surface area contributed by atoms with Crippen molar-refractivity contribution in [1.29, 1.82) is 0 Å². The van der Waals surface area contributed by atoms with Crippen molar-refractivity contribution in [3.63, 3.8) is 0 Å². The molecule has 0 spiro atoms. The minimum atomic E-state index is -3.77. The van der Waals surface area contributed by atoms with Gasteiger partial charge in [-0.15, -0.1) is 0 Å². The summed E-state index contributed by atoms with van der Waals surface area (Å²) in [5.41, 5.74) is 1.26. The first-order chi connectivity index (χ1) is 9.88. The molecule has 21 heavy (non-hydrogen) atoms. The molecule has 0 saturated heterocycles. The largest absolute Gasteiger partial charge is 0.478 e. The van der Waals surface area contributed by atoms with E-state index in [-0.39, 0.29) is 10.7 Å². The van der Waals surface area contributed by atoms with E-state index in [0.717, 1.165) is 6.08 Å². The van der Waals surface area contributed by atoms with E-state index in [0.29, 0.717) is 11.1 Å². The van der Waals surface area contributed by atoms with Crippen LogP contribution in [-0.2, 0) is 14.8 Å². The standard InChI is InChI=1S/C13H12N2O5S/c1-9-8-11(4-2-10(9)3-5-13(16)17)21(18,19)15-12-6-7-20-14-12/h2-8H,1H3,(H,14,15)(H,16,17). The summed E-state index contributed by atoms with van der Waals surface area (Å²) in [6.07, 6.45) is 3.65. The average Bonchev–Trinajstić information content (AvgIpc) is 2.89. The van der Waals surface area contributed by atoms with Crippen LogP contribution in [0.5, 0.6) is 0 Å². The molecule has 0 aliphatic carbocycles. The minimum absolute atomic E-state index is 0.0514. The van der Waals surface area contributed by atoms with E-state index in [4.69, 9.17) is 5.11 Å². The van der Waals surface area contributed by atoms with Crippen molar-refractivity contribution < 1.29 is 22.8 Å². The number of carbonyl (C=O) groups is 1. The SMILES string of the molecule is Cc1cc(S(=O)(=O)Nc2ccon2)ccc1C=CC(=O)O. The molecular formula is C13H12N2O5S. The van der Waals surface area contributed by atoms with Crippen molar-refractivity contribution in [2.24, 2.45) is 0 Å². The van der Waals surface area contributed by atoms with Gasteiger partial charge in [0.25, 0.3) is 10.0 Å². The Hall–Kier alpha value is -2.61. The first-order valence-electron chi connectivity index (χ1n) is 5.83. The third-order valence-corrected chi connectivity index (χ3v) is 3.99. The van der Waals surface area contributed by atoms with Crippen LogP contribution in [0.2, 0.25) is 0 Å². The number of aromatic nitrogens is 1. The lowest BCUT2D eigenvalue weighted by atomic mass is 10.1. The normalized spacial score (nSPS) is 11.7. The predicted molar refractivity (Wildman–Crippen MR) is 75.2 cm³/mol. The maximum Gasteiger partial charge on any atom is 0.328 e. The van der Waals surface area contributed by atoms with Gasteiger partial charge < -0.3 is 9.63 Å². The Balaban J connectivity index is 2.29. The minimum Gasteiger partial charge on any atom is -0.478 e. The van der Waals surface area contributed by atoms with Crippen molar-refractivity contribution in [3.8, 4) is 0 Å². The van der Waals surface area contributed by atoms with Crippen LogP contribution < -0.4 is 4.72 Å². The summed E-state index contributed by atoms with van der Waals surface area (Å²) >= 11 is 0. The van der Waals surface area contributed by atoms with Gasteiger partial charge in [-0.2, -0.15) is 0 Å². The fourth-order valence-electron chi connectivity index (χ4n) is 1.63. The molecule has 1 aromatic carbocycles. The zero-order chi connectivity index (χ0) is 15.5. The lowest BCUT2D eigenvalue weighted by Crippen LogP contribution is -2.13. The Labute approximate surface area is 120 Å². The van der Waals surface area contributed by atoms with Gasteiger partial charge in [-0.05, 0) is 36.3 Å². The number of nitrogens with zero attached hydrogens (tertiary/aromatic N) is 1. The molecule has 0 fully saturated rings. The zero-order valence-corrected chi connectivity index (χ0v) is 11.8. The molecule has 7 nitrogen and oxygen atoms in total. The summed E-state index contributed by atoms with van der Waals surface area (Å²) in [7, 11) is -3.77. The third-order valence-electron chi connectivity index (χ3n) is 2.63. The second kappa shape index (κ2) is 5.80. The van der Waals surface area contributed by atoms with Gasteiger partial charge in [0, 0.05) is 12.1 Å². The van der Waals surface area contributed by atoms with Gasteiger partial charge in [-0.25, -0.2) is 13.2 Å².